The number of sulfonamides is 1. The van der Waals surface area contributed by atoms with Crippen LogP contribution in [0.5, 0.6) is 0 Å². The number of aryl methyl sites for hydroxylation is 1. The number of ether oxygens (including phenoxy) is 1. The van der Waals surface area contributed by atoms with Crippen LogP contribution < -0.4 is 10.0 Å². The van der Waals surface area contributed by atoms with Crippen LogP contribution in [0.25, 0.3) is 0 Å². The molecule has 0 fully saturated rings. The van der Waals surface area contributed by atoms with E-state index in [-0.39, 0.29) is 10.8 Å². The third-order valence-corrected chi connectivity index (χ3v) is 5.25. The summed E-state index contributed by atoms with van der Waals surface area (Å²) in [6.45, 7) is 2.86. The Balaban J connectivity index is 2.33. The molecule has 0 bridgehead atoms. The highest BCUT2D eigenvalue weighted by molar-refractivity contribution is 7.89. The number of methoxy groups -OCH3 is 1. The van der Waals surface area contributed by atoms with Crippen LogP contribution in [0, 0.1) is 0 Å². The summed E-state index contributed by atoms with van der Waals surface area (Å²) in [6.07, 6.45) is 1.67. The first-order valence-electron chi connectivity index (χ1n) is 7.21. The van der Waals surface area contributed by atoms with E-state index in [1.807, 2.05) is 0 Å². The molecule has 1 aromatic carbocycles. The number of fused-ring (bicyclic) bond motifs is 1. The van der Waals surface area contributed by atoms with Gasteiger partial charge in [-0.2, -0.15) is 4.72 Å². The summed E-state index contributed by atoms with van der Waals surface area (Å²) < 4.78 is 31.9. The Bertz CT molecular complexity index is 740. The Labute approximate surface area is 135 Å². The van der Waals surface area contributed by atoms with E-state index in [2.05, 4.69) is 14.8 Å². The number of rotatable bonds is 4. The van der Waals surface area contributed by atoms with E-state index in [0.717, 1.165) is 5.56 Å². The van der Waals surface area contributed by atoms with Gasteiger partial charge in [0.05, 0.1) is 12.0 Å². The van der Waals surface area contributed by atoms with E-state index in [0.29, 0.717) is 24.9 Å². The van der Waals surface area contributed by atoms with Crippen LogP contribution in [0.15, 0.2) is 23.1 Å². The second kappa shape index (κ2) is 6.29. The first-order chi connectivity index (χ1) is 10.7. The molecule has 0 radical (unpaired) electrons. The van der Waals surface area contributed by atoms with E-state index < -0.39 is 21.5 Å². The summed E-state index contributed by atoms with van der Waals surface area (Å²) in [5.74, 6) is -0.757. The Morgan fingerprint density at radius 2 is 2.00 bits per heavy atom. The number of benzene rings is 1. The zero-order valence-corrected chi connectivity index (χ0v) is 14.1. The van der Waals surface area contributed by atoms with Crippen LogP contribution in [0.2, 0.25) is 0 Å². The molecule has 1 aliphatic rings. The molecule has 0 spiro atoms. The Hall–Kier alpha value is -1.93. The number of hydrogen-bond acceptors (Lipinski definition) is 5. The normalized spacial score (nSPS) is 15.3. The summed E-state index contributed by atoms with van der Waals surface area (Å²) in [5, 5.41) is 2.75. The lowest BCUT2D eigenvalue weighted by molar-refractivity contribution is -0.146. The topological polar surface area (TPSA) is 102 Å². The van der Waals surface area contributed by atoms with Gasteiger partial charge < -0.3 is 10.1 Å². The van der Waals surface area contributed by atoms with Crippen molar-refractivity contribution in [1.82, 2.24) is 4.72 Å². The van der Waals surface area contributed by atoms with Crippen molar-refractivity contribution in [3.05, 3.63) is 23.8 Å². The van der Waals surface area contributed by atoms with Crippen molar-refractivity contribution in [2.45, 2.75) is 43.5 Å². The molecule has 0 saturated heterocycles. The lowest BCUT2D eigenvalue weighted by Gasteiger charge is -2.23. The van der Waals surface area contributed by atoms with Gasteiger partial charge >= 0.3 is 5.97 Å². The highest BCUT2D eigenvalue weighted by Gasteiger charge is 2.34. The number of anilines is 1. The molecule has 126 valence electrons. The van der Waals surface area contributed by atoms with E-state index in [4.69, 9.17) is 0 Å². The van der Waals surface area contributed by atoms with Gasteiger partial charge in [-0.1, -0.05) is 0 Å². The summed E-state index contributed by atoms with van der Waals surface area (Å²) in [6, 6.07) is 4.50. The van der Waals surface area contributed by atoms with Gasteiger partial charge in [0.1, 0.15) is 5.54 Å². The van der Waals surface area contributed by atoms with Gasteiger partial charge in [-0.05, 0) is 50.5 Å². The monoisotopic (exact) mass is 340 g/mol. The van der Waals surface area contributed by atoms with Gasteiger partial charge in [0.25, 0.3) is 0 Å². The number of carbonyl (C=O) groups is 2. The molecular formula is C15H20N2O5S. The average Bonchev–Trinajstić information content (AvgIpc) is 2.64. The lowest BCUT2D eigenvalue weighted by Crippen LogP contribution is -2.50. The molecule has 8 heteroatoms. The predicted molar refractivity (Wildman–Crippen MR) is 84.4 cm³/mol. The second-order valence-corrected chi connectivity index (χ2v) is 7.63. The molecule has 1 amide bonds. The Morgan fingerprint density at radius 1 is 1.30 bits per heavy atom. The molecule has 0 atom stereocenters. The number of nitrogens with one attached hydrogen (secondary N) is 2. The van der Waals surface area contributed by atoms with Gasteiger partial charge in [-0.3, -0.25) is 9.59 Å². The maximum absolute atomic E-state index is 12.5. The molecule has 7 nitrogen and oxygen atoms in total. The average molecular weight is 340 g/mol. The smallest absolute Gasteiger partial charge is 0.326 e. The third kappa shape index (κ3) is 3.89. The summed E-state index contributed by atoms with van der Waals surface area (Å²) in [5.41, 5.74) is 0.00230. The van der Waals surface area contributed by atoms with E-state index in [1.165, 1.54) is 33.1 Å². The maximum atomic E-state index is 12.5. The minimum absolute atomic E-state index is 0.0457. The molecule has 1 aliphatic heterocycles. The summed E-state index contributed by atoms with van der Waals surface area (Å²) in [4.78, 5) is 23.2. The van der Waals surface area contributed by atoms with Crippen LogP contribution >= 0.6 is 0 Å². The SMILES string of the molecule is COC(=O)C(C)(C)NS(=O)(=O)c1ccc2c(c1)CCCC(=O)N2. The first kappa shape index (κ1) is 17.4. The minimum Gasteiger partial charge on any atom is -0.468 e. The van der Waals surface area contributed by atoms with Crippen LogP contribution in [-0.4, -0.2) is 32.9 Å². The fourth-order valence-electron chi connectivity index (χ4n) is 2.41. The van der Waals surface area contributed by atoms with E-state index in [9.17, 15) is 18.0 Å². The van der Waals surface area contributed by atoms with Gasteiger partial charge in [-0.15, -0.1) is 0 Å². The summed E-state index contributed by atoms with van der Waals surface area (Å²) in [7, 11) is -2.70. The van der Waals surface area contributed by atoms with Gasteiger partial charge in [0.15, 0.2) is 0 Å². The minimum atomic E-state index is -3.90. The van der Waals surface area contributed by atoms with Crippen molar-refractivity contribution in [3.8, 4) is 0 Å². The third-order valence-electron chi connectivity index (χ3n) is 3.60. The fourth-order valence-corrected chi connectivity index (χ4v) is 3.83. The molecule has 2 rings (SSSR count). The van der Waals surface area contributed by atoms with Crippen molar-refractivity contribution in [2.75, 3.05) is 12.4 Å². The van der Waals surface area contributed by atoms with Crippen LogP contribution in [0.4, 0.5) is 5.69 Å². The second-order valence-electron chi connectivity index (χ2n) is 5.94. The van der Waals surface area contributed by atoms with Gasteiger partial charge in [-0.25, -0.2) is 8.42 Å². The van der Waals surface area contributed by atoms with E-state index in [1.54, 1.807) is 6.07 Å². The standard InChI is InChI=1S/C15H20N2O5S/c1-15(2,14(19)22-3)17-23(20,21)11-7-8-12-10(9-11)5-4-6-13(18)16-12/h7-9,17H,4-6H2,1-3H3,(H,16,18). The molecule has 0 aliphatic carbocycles. The Morgan fingerprint density at radius 3 is 2.65 bits per heavy atom. The zero-order valence-electron chi connectivity index (χ0n) is 13.3. The Kier molecular flexibility index (Phi) is 4.76. The molecule has 1 aromatic rings. The predicted octanol–water partition coefficient (Wildman–Crippen LogP) is 1.19. The zero-order chi connectivity index (χ0) is 17.3. The molecule has 1 heterocycles. The van der Waals surface area contributed by atoms with E-state index >= 15 is 0 Å². The molecule has 0 unspecified atom stereocenters. The number of esters is 1. The quantitative estimate of drug-likeness (QED) is 0.802. The fraction of sp³-hybridized carbons (Fsp3) is 0.467. The van der Waals surface area contributed by atoms with Crippen LogP contribution in [0.1, 0.15) is 32.3 Å². The van der Waals surface area contributed by atoms with Crippen molar-refractivity contribution in [1.29, 1.82) is 0 Å². The van der Waals surface area contributed by atoms with Gasteiger partial charge in [0.2, 0.25) is 15.9 Å². The molecule has 0 aromatic heterocycles. The van der Waals surface area contributed by atoms with Crippen molar-refractivity contribution in [3.63, 3.8) is 0 Å². The van der Waals surface area contributed by atoms with Crippen LogP contribution in [-0.2, 0) is 30.8 Å². The number of amides is 1. The van der Waals surface area contributed by atoms with Crippen LogP contribution in [0.3, 0.4) is 0 Å². The number of hydrogen-bond donors (Lipinski definition) is 2. The highest BCUT2D eigenvalue weighted by atomic mass is 32.2. The van der Waals surface area contributed by atoms with Crippen molar-refractivity contribution in [2.24, 2.45) is 0 Å². The first-order valence-corrected chi connectivity index (χ1v) is 8.69. The number of carbonyl (C=O) groups excluding carboxylic acids is 2. The largest absolute Gasteiger partial charge is 0.468 e. The van der Waals surface area contributed by atoms with Crippen molar-refractivity contribution < 1.29 is 22.7 Å². The lowest BCUT2D eigenvalue weighted by atomic mass is 10.1. The van der Waals surface area contributed by atoms with Crippen molar-refractivity contribution >= 4 is 27.6 Å². The molecular weight excluding hydrogens is 320 g/mol. The molecule has 0 saturated carbocycles. The maximum Gasteiger partial charge on any atom is 0.326 e. The molecule has 2 N–H and O–H groups in total. The van der Waals surface area contributed by atoms with Gasteiger partial charge in [0, 0.05) is 12.1 Å². The summed E-state index contributed by atoms with van der Waals surface area (Å²) >= 11 is 0. The highest BCUT2D eigenvalue weighted by Crippen LogP contribution is 2.25. The molecule has 23 heavy (non-hydrogen) atoms.